The number of aryl methyl sites for hydroxylation is 1. The molecule has 5 aliphatic rings. The van der Waals surface area contributed by atoms with Gasteiger partial charge in [0.15, 0.2) is 11.5 Å². The van der Waals surface area contributed by atoms with Gasteiger partial charge in [-0.05, 0) is 100 Å². The lowest BCUT2D eigenvalue weighted by atomic mass is 9.51. The van der Waals surface area contributed by atoms with Gasteiger partial charge in [-0.15, -0.1) is 0 Å². The molecule has 47 heavy (non-hydrogen) atoms. The van der Waals surface area contributed by atoms with E-state index in [0.29, 0.717) is 30.6 Å². The van der Waals surface area contributed by atoms with Gasteiger partial charge in [0.25, 0.3) is 0 Å². The first-order chi connectivity index (χ1) is 22.8. The topological polar surface area (TPSA) is 76.2 Å². The summed E-state index contributed by atoms with van der Waals surface area (Å²) in [5.74, 6) is 2.23. The molecule has 2 aromatic rings. The maximum atomic E-state index is 14.4. The molecule has 2 saturated carbocycles. The number of carbonyl (C=O) groups is 3. The van der Waals surface area contributed by atoms with Crippen LogP contribution < -0.4 is 9.47 Å². The third-order valence-electron chi connectivity index (χ3n) is 12.2. The van der Waals surface area contributed by atoms with Crippen molar-refractivity contribution in [3.8, 4) is 11.5 Å². The molecule has 7 nitrogen and oxygen atoms in total. The van der Waals surface area contributed by atoms with E-state index in [1.54, 1.807) is 6.92 Å². The standard InChI is InChI=1S/C40H52N2O5/c1-27(43)25-41-23-22-40-32-19-20-33(39(40)47-38-35(46-28(2)44)21-18-31(37(38)40)24-34(32)41)42(26-30-15-9-4-10-16-30)36(45)17-11-5-8-14-29-12-6-3-7-13-29/h3,6-7,12-13,18,21,30,32-34,39H,4-5,8-11,14-17,19-20,22-26H2,1-2H3/t32-,33+,34+,39-,40-/m0/s1. The van der Waals surface area contributed by atoms with Crippen molar-refractivity contribution in [1.82, 2.24) is 9.80 Å². The van der Waals surface area contributed by atoms with Gasteiger partial charge in [-0.1, -0.05) is 62.1 Å². The Morgan fingerprint density at radius 3 is 2.53 bits per heavy atom. The zero-order valence-corrected chi connectivity index (χ0v) is 28.4. The largest absolute Gasteiger partial charge is 0.483 e. The van der Waals surface area contributed by atoms with E-state index < -0.39 is 0 Å². The second-order valence-electron chi connectivity index (χ2n) is 15.1. The summed E-state index contributed by atoms with van der Waals surface area (Å²) in [4.78, 5) is 43.6. The highest BCUT2D eigenvalue weighted by atomic mass is 16.6. The Kier molecular flexibility index (Phi) is 9.46. The Labute approximate surface area is 280 Å². The molecule has 0 N–H and O–H groups in total. The van der Waals surface area contributed by atoms with Crippen molar-refractivity contribution in [2.24, 2.45) is 11.8 Å². The number of carbonyl (C=O) groups excluding carboxylic acids is 3. The molecule has 1 spiro atoms. The minimum Gasteiger partial charge on any atom is -0.483 e. The van der Waals surface area contributed by atoms with Crippen LogP contribution in [0.2, 0.25) is 0 Å². The van der Waals surface area contributed by atoms with Gasteiger partial charge in [-0.3, -0.25) is 19.3 Å². The molecule has 3 aliphatic carbocycles. The number of Topliss-reactive ketones (excluding diaryl/α,β-unsaturated/α-hetero) is 1. The molecule has 1 amide bonds. The van der Waals surface area contributed by atoms with Crippen LogP contribution in [-0.2, 0) is 32.6 Å². The zero-order chi connectivity index (χ0) is 32.5. The van der Waals surface area contributed by atoms with E-state index in [0.717, 1.165) is 70.2 Å². The first kappa shape index (κ1) is 32.4. The summed E-state index contributed by atoms with van der Waals surface area (Å²) in [6.07, 6.45) is 14.3. The van der Waals surface area contributed by atoms with Crippen LogP contribution in [0.25, 0.3) is 0 Å². The SMILES string of the molecule is CC(=O)CN1CC[C@]23c4c5ccc(OC(C)=O)c4O[C@H]2[C@H](N(CC2CCCCC2)C(=O)CCCCCc2ccccc2)CC[C@H]3[C@H]1C5. The number of ether oxygens (including phenoxy) is 2. The number of rotatable bonds is 12. The number of hydrogen-bond donors (Lipinski definition) is 0. The molecule has 5 atom stereocenters. The highest BCUT2D eigenvalue weighted by Crippen LogP contribution is 2.64. The van der Waals surface area contributed by atoms with Crippen molar-refractivity contribution in [3.63, 3.8) is 0 Å². The molecule has 1 saturated heterocycles. The predicted octanol–water partition coefficient (Wildman–Crippen LogP) is 6.82. The van der Waals surface area contributed by atoms with Crippen molar-refractivity contribution in [2.75, 3.05) is 19.6 Å². The molecule has 0 radical (unpaired) electrons. The third-order valence-corrected chi connectivity index (χ3v) is 12.2. The Bertz CT molecular complexity index is 1470. The smallest absolute Gasteiger partial charge is 0.308 e. The average molecular weight is 641 g/mol. The van der Waals surface area contributed by atoms with Gasteiger partial charge in [-0.2, -0.15) is 0 Å². The van der Waals surface area contributed by atoms with Crippen LogP contribution in [0.4, 0.5) is 0 Å². The molecule has 252 valence electrons. The first-order valence-electron chi connectivity index (χ1n) is 18.4. The van der Waals surface area contributed by atoms with Crippen LogP contribution in [-0.4, -0.2) is 65.3 Å². The van der Waals surface area contributed by atoms with Crippen molar-refractivity contribution in [2.45, 2.75) is 127 Å². The Morgan fingerprint density at radius 1 is 0.957 bits per heavy atom. The summed E-state index contributed by atoms with van der Waals surface area (Å²) in [5, 5.41) is 0. The monoisotopic (exact) mass is 640 g/mol. The van der Waals surface area contributed by atoms with Gasteiger partial charge >= 0.3 is 5.97 Å². The lowest BCUT2D eigenvalue weighted by Crippen LogP contribution is -2.69. The number of ketones is 1. The minimum absolute atomic E-state index is 0.0199. The highest BCUT2D eigenvalue weighted by Gasteiger charge is 2.66. The quantitative estimate of drug-likeness (QED) is 0.144. The van der Waals surface area contributed by atoms with E-state index in [2.05, 4.69) is 46.2 Å². The van der Waals surface area contributed by atoms with Crippen LogP contribution in [0.15, 0.2) is 42.5 Å². The van der Waals surface area contributed by atoms with Gasteiger partial charge in [0.2, 0.25) is 5.91 Å². The molecule has 2 aromatic carbocycles. The van der Waals surface area contributed by atoms with Crippen LogP contribution in [0.5, 0.6) is 11.5 Å². The molecular weight excluding hydrogens is 588 g/mol. The van der Waals surface area contributed by atoms with E-state index in [-0.39, 0.29) is 41.3 Å². The molecule has 7 rings (SSSR count). The number of nitrogens with zero attached hydrogens (tertiary/aromatic N) is 2. The van der Waals surface area contributed by atoms with E-state index in [1.165, 1.54) is 55.7 Å². The van der Waals surface area contributed by atoms with Crippen molar-refractivity contribution < 1.29 is 23.9 Å². The Balaban J connectivity index is 1.17. The maximum absolute atomic E-state index is 14.4. The van der Waals surface area contributed by atoms with E-state index in [9.17, 15) is 14.4 Å². The summed E-state index contributed by atoms with van der Waals surface area (Å²) >= 11 is 0. The lowest BCUT2D eigenvalue weighted by Gasteiger charge is -2.60. The first-order valence-corrected chi connectivity index (χ1v) is 18.4. The van der Waals surface area contributed by atoms with Gasteiger partial charge < -0.3 is 14.4 Å². The van der Waals surface area contributed by atoms with Crippen LogP contribution in [0, 0.1) is 11.8 Å². The van der Waals surface area contributed by atoms with E-state index >= 15 is 0 Å². The number of amides is 1. The van der Waals surface area contributed by atoms with Gasteiger partial charge in [0.05, 0.1) is 12.6 Å². The van der Waals surface area contributed by atoms with E-state index in [4.69, 9.17) is 9.47 Å². The highest BCUT2D eigenvalue weighted by molar-refractivity contribution is 5.78. The number of esters is 1. The number of unbranched alkanes of at least 4 members (excludes halogenated alkanes) is 2. The minimum atomic E-state index is -0.350. The van der Waals surface area contributed by atoms with Gasteiger partial charge in [-0.25, -0.2) is 0 Å². The second kappa shape index (κ2) is 13.7. The fourth-order valence-electron chi connectivity index (χ4n) is 10.3. The molecule has 2 heterocycles. The summed E-state index contributed by atoms with van der Waals surface area (Å²) in [6, 6.07) is 14.9. The van der Waals surface area contributed by atoms with E-state index in [1.807, 2.05) is 6.07 Å². The van der Waals surface area contributed by atoms with Gasteiger partial charge in [0, 0.05) is 36.9 Å². The van der Waals surface area contributed by atoms with Crippen molar-refractivity contribution in [1.29, 1.82) is 0 Å². The molecule has 3 fully saturated rings. The Morgan fingerprint density at radius 2 is 1.77 bits per heavy atom. The molecule has 0 unspecified atom stereocenters. The van der Waals surface area contributed by atoms with Crippen LogP contribution in [0.3, 0.4) is 0 Å². The second-order valence-corrected chi connectivity index (χ2v) is 15.1. The Hall–Kier alpha value is -3.19. The fraction of sp³-hybridized carbons (Fsp3) is 0.625. The molecule has 2 bridgehead atoms. The predicted molar refractivity (Wildman–Crippen MR) is 182 cm³/mol. The average Bonchev–Trinajstić information content (AvgIpc) is 3.41. The number of hydrogen-bond acceptors (Lipinski definition) is 6. The van der Waals surface area contributed by atoms with Gasteiger partial charge in [0.1, 0.15) is 11.9 Å². The molecule has 0 aromatic heterocycles. The van der Waals surface area contributed by atoms with Crippen LogP contribution >= 0.6 is 0 Å². The van der Waals surface area contributed by atoms with Crippen molar-refractivity contribution in [3.05, 3.63) is 59.2 Å². The molecular formula is C40H52N2O5. The summed E-state index contributed by atoms with van der Waals surface area (Å²) < 4.78 is 12.9. The van der Waals surface area contributed by atoms with Crippen molar-refractivity contribution >= 4 is 17.7 Å². The summed E-state index contributed by atoms with van der Waals surface area (Å²) in [7, 11) is 0. The number of benzene rings is 2. The number of likely N-dealkylation sites (tertiary alicyclic amines) is 1. The zero-order valence-electron chi connectivity index (χ0n) is 28.4. The summed E-state index contributed by atoms with van der Waals surface area (Å²) in [6.45, 7) is 5.27. The maximum Gasteiger partial charge on any atom is 0.308 e. The third kappa shape index (κ3) is 6.25. The number of piperidine rings is 1. The lowest BCUT2D eigenvalue weighted by molar-refractivity contribution is -0.145. The molecule has 7 heteroatoms. The summed E-state index contributed by atoms with van der Waals surface area (Å²) in [5.41, 5.74) is 3.58. The fourth-order valence-corrected chi connectivity index (χ4v) is 10.3. The normalized spacial score (nSPS) is 27.9. The van der Waals surface area contributed by atoms with Crippen LogP contribution in [0.1, 0.15) is 108 Å². The molecule has 2 aliphatic heterocycles.